The summed E-state index contributed by atoms with van der Waals surface area (Å²) in [5.41, 5.74) is 12.7. The lowest BCUT2D eigenvalue weighted by Crippen LogP contribution is -2.22. The van der Waals surface area contributed by atoms with Gasteiger partial charge in [-0.05, 0) is 65.6 Å². The molecule has 1 aromatic heterocycles. The number of esters is 1. The number of carbonyl (C=O) groups is 3. The summed E-state index contributed by atoms with van der Waals surface area (Å²) >= 11 is 0. The quantitative estimate of drug-likeness (QED) is 0.325. The molecule has 3 aromatic carbocycles. The second-order valence-corrected chi connectivity index (χ2v) is 8.09. The van der Waals surface area contributed by atoms with E-state index in [4.69, 9.17) is 16.2 Å². The van der Waals surface area contributed by atoms with Gasteiger partial charge in [0.1, 0.15) is 18.2 Å². The van der Waals surface area contributed by atoms with E-state index in [0.29, 0.717) is 27.9 Å². The number of urea groups is 1. The molecule has 4 aromatic rings. The summed E-state index contributed by atoms with van der Waals surface area (Å²) in [5.74, 6) is -2.82. The zero-order valence-corrected chi connectivity index (χ0v) is 19.5. The third kappa shape index (κ3) is 5.61. The number of anilines is 1. The number of rotatable bonds is 7. The summed E-state index contributed by atoms with van der Waals surface area (Å²) < 4.78 is 34.6. The Hall–Kier alpha value is -5.06. The van der Waals surface area contributed by atoms with Crippen molar-refractivity contribution in [2.45, 2.75) is 13.5 Å². The van der Waals surface area contributed by atoms with Gasteiger partial charge in [0.2, 0.25) is 0 Å². The highest BCUT2D eigenvalue weighted by Gasteiger charge is 2.17. The van der Waals surface area contributed by atoms with E-state index >= 15 is 0 Å². The molecule has 9 nitrogen and oxygen atoms in total. The number of aryl methyl sites for hydroxylation is 1. The monoisotopic (exact) mass is 505 g/mol. The Labute approximate surface area is 209 Å². The number of nitrogens with one attached hydrogen (secondary N) is 1. The van der Waals surface area contributed by atoms with E-state index in [2.05, 4.69) is 10.4 Å². The van der Waals surface area contributed by atoms with Crippen molar-refractivity contribution in [1.82, 2.24) is 9.78 Å². The van der Waals surface area contributed by atoms with Crippen molar-refractivity contribution in [2.24, 2.45) is 11.5 Å². The summed E-state index contributed by atoms with van der Waals surface area (Å²) in [6.45, 7) is 1.47. The molecule has 0 saturated heterocycles. The van der Waals surface area contributed by atoms with Gasteiger partial charge in [0.25, 0.3) is 5.91 Å². The number of ether oxygens (including phenoxy) is 1. The number of carbonyl (C=O) groups excluding carboxylic acids is 3. The number of primary amides is 2. The largest absolute Gasteiger partial charge is 0.457 e. The number of benzene rings is 3. The SMILES string of the molecule is Cc1cc(COC(=O)c2ccc(-c3ccc(-n4cc(NC(N)=O)c(C(N)=O)n4)cc3)cc2F)ccc1F. The maximum Gasteiger partial charge on any atom is 0.341 e. The van der Waals surface area contributed by atoms with Crippen LogP contribution < -0.4 is 16.8 Å². The molecule has 0 radical (unpaired) electrons. The lowest BCUT2D eigenvalue weighted by molar-refractivity contribution is 0.0467. The number of halogens is 2. The molecule has 0 fully saturated rings. The number of nitrogens with zero attached hydrogens (tertiary/aromatic N) is 2. The first-order valence-corrected chi connectivity index (χ1v) is 10.9. The molecule has 0 aliphatic heterocycles. The van der Waals surface area contributed by atoms with Gasteiger partial charge < -0.3 is 21.5 Å². The predicted molar refractivity (Wildman–Crippen MR) is 131 cm³/mol. The standard InChI is InChI=1S/C26H21F2N5O4/c1-14-10-15(2-9-20(14)27)13-37-25(35)19-8-5-17(11-21(19)28)16-3-6-18(7-4-16)33-12-22(31-26(30)36)23(32-33)24(29)34/h2-12H,13H2,1H3,(H2,29,34)(H3,30,31,36). The fraction of sp³-hybridized carbons (Fsp3) is 0.0769. The van der Waals surface area contributed by atoms with Crippen LogP contribution in [-0.2, 0) is 11.3 Å². The van der Waals surface area contributed by atoms with Crippen LogP contribution in [0.5, 0.6) is 0 Å². The number of amides is 3. The highest BCUT2D eigenvalue weighted by atomic mass is 19.1. The van der Waals surface area contributed by atoms with Crippen LogP contribution >= 0.6 is 0 Å². The van der Waals surface area contributed by atoms with Gasteiger partial charge in [0, 0.05) is 0 Å². The molecule has 5 N–H and O–H groups in total. The molecule has 188 valence electrons. The van der Waals surface area contributed by atoms with E-state index in [1.807, 2.05) is 0 Å². The first-order chi connectivity index (χ1) is 17.6. The van der Waals surface area contributed by atoms with E-state index in [1.165, 1.54) is 35.1 Å². The van der Waals surface area contributed by atoms with E-state index in [0.717, 1.165) is 0 Å². The fourth-order valence-corrected chi connectivity index (χ4v) is 3.60. The Balaban J connectivity index is 1.49. The van der Waals surface area contributed by atoms with Gasteiger partial charge in [-0.25, -0.2) is 23.1 Å². The van der Waals surface area contributed by atoms with Gasteiger partial charge in [-0.2, -0.15) is 5.10 Å². The Bertz CT molecular complexity index is 1520. The highest BCUT2D eigenvalue weighted by molar-refractivity contribution is 6.00. The summed E-state index contributed by atoms with van der Waals surface area (Å²) in [5, 5.41) is 6.36. The van der Waals surface area contributed by atoms with Crippen LogP contribution in [0.3, 0.4) is 0 Å². The minimum atomic E-state index is -0.877. The molecule has 11 heteroatoms. The van der Waals surface area contributed by atoms with E-state index in [-0.39, 0.29) is 29.4 Å². The number of hydrogen-bond acceptors (Lipinski definition) is 5. The van der Waals surface area contributed by atoms with Gasteiger partial charge in [0.05, 0.1) is 23.1 Å². The fourth-order valence-electron chi connectivity index (χ4n) is 3.60. The maximum atomic E-state index is 14.7. The van der Waals surface area contributed by atoms with Crippen molar-refractivity contribution in [1.29, 1.82) is 0 Å². The molecule has 0 spiro atoms. The molecule has 0 aliphatic rings. The van der Waals surface area contributed by atoms with Crippen molar-refractivity contribution in [3.05, 3.63) is 101 Å². The van der Waals surface area contributed by atoms with Crippen LogP contribution in [0.25, 0.3) is 16.8 Å². The molecular weight excluding hydrogens is 484 g/mol. The summed E-state index contributed by atoms with van der Waals surface area (Å²) in [4.78, 5) is 35.1. The Morgan fingerprint density at radius 3 is 2.27 bits per heavy atom. The van der Waals surface area contributed by atoms with Gasteiger partial charge in [0.15, 0.2) is 5.69 Å². The lowest BCUT2D eigenvalue weighted by atomic mass is 10.0. The highest BCUT2D eigenvalue weighted by Crippen LogP contribution is 2.25. The lowest BCUT2D eigenvalue weighted by Gasteiger charge is -2.09. The Morgan fingerprint density at radius 1 is 0.946 bits per heavy atom. The smallest absolute Gasteiger partial charge is 0.341 e. The van der Waals surface area contributed by atoms with Gasteiger partial charge >= 0.3 is 12.0 Å². The number of hydrogen-bond donors (Lipinski definition) is 3. The minimum absolute atomic E-state index is 0.0585. The Kier molecular flexibility index (Phi) is 6.96. The van der Waals surface area contributed by atoms with E-state index < -0.39 is 23.7 Å². The third-order valence-corrected chi connectivity index (χ3v) is 5.45. The molecule has 4 rings (SSSR count). The first-order valence-electron chi connectivity index (χ1n) is 10.9. The van der Waals surface area contributed by atoms with Crippen molar-refractivity contribution in [2.75, 3.05) is 5.32 Å². The van der Waals surface area contributed by atoms with Crippen LogP contribution in [0.1, 0.15) is 32.0 Å². The molecule has 0 saturated carbocycles. The van der Waals surface area contributed by atoms with Gasteiger partial charge in [-0.1, -0.05) is 24.3 Å². The van der Waals surface area contributed by atoms with Crippen LogP contribution in [0, 0.1) is 18.6 Å². The predicted octanol–water partition coefficient (Wildman–Crippen LogP) is 4.07. The van der Waals surface area contributed by atoms with E-state index in [9.17, 15) is 23.2 Å². The van der Waals surface area contributed by atoms with Crippen molar-refractivity contribution in [3.8, 4) is 16.8 Å². The average Bonchev–Trinajstić information content (AvgIpc) is 3.28. The second-order valence-electron chi connectivity index (χ2n) is 8.09. The van der Waals surface area contributed by atoms with Gasteiger partial charge in [-0.15, -0.1) is 0 Å². The van der Waals surface area contributed by atoms with E-state index in [1.54, 1.807) is 43.3 Å². The molecule has 3 amide bonds. The third-order valence-electron chi connectivity index (χ3n) is 5.45. The molecule has 1 heterocycles. The molecular formula is C26H21F2N5O4. The summed E-state index contributed by atoms with van der Waals surface area (Å²) in [7, 11) is 0. The van der Waals surface area contributed by atoms with Gasteiger partial charge in [-0.3, -0.25) is 4.79 Å². The average molecular weight is 505 g/mol. The first kappa shape index (κ1) is 25.0. The molecule has 0 bridgehead atoms. The normalized spacial score (nSPS) is 10.7. The topological polar surface area (TPSA) is 142 Å². The summed E-state index contributed by atoms with van der Waals surface area (Å²) in [6.07, 6.45) is 1.38. The zero-order valence-electron chi connectivity index (χ0n) is 19.5. The van der Waals surface area contributed by atoms with Crippen LogP contribution in [0.15, 0.2) is 66.9 Å². The zero-order chi connectivity index (χ0) is 26.7. The molecule has 37 heavy (non-hydrogen) atoms. The molecule has 0 aliphatic carbocycles. The van der Waals surface area contributed by atoms with Crippen LogP contribution in [0.4, 0.5) is 19.3 Å². The van der Waals surface area contributed by atoms with Crippen LogP contribution in [0.2, 0.25) is 0 Å². The van der Waals surface area contributed by atoms with Crippen molar-refractivity contribution < 1.29 is 27.9 Å². The van der Waals surface area contributed by atoms with Crippen molar-refractivity contribution in [3.63, 3.8) is 0 Å². The Morgan fingerprint density at radius 2 is 1.65 bits per heavy atom. The summed E-state index contributed by atoms with van der Waals surface area (Å²) in [6, 6.07) is 14.2. The molecule has 0 atom stereocenters. The van der Waals surface area contributed by atoms with Crippen molar-refractivity contribution >= 4 is 23.6 Å². The molecule has 0 unspecified atom stereocenters. The maximum absolute atomic E-state index is 14.7. The number of aromatic nitrogens is 2. The minimum Gasteiger partial charge on any atom is -0.457 e. The number of nitrogens with two attached hydrogens (primary N) is 2. The second kappa shape index (κ2) is 10.3. The van der Waals surface area contributed by atoms with Crippen LogP contribution in [-0.4, -0.2) is 27.7 Å².